The number of rotatable bonds is 12. The second kappa shape index (κ2) is 13.2. The number of anilines is 2. The van der Waals surface area contributed by atoms with Crippen LogP contribution < -0.4 is 30.2 Å². The van der Waals surface area contributed by atoms with Crippen LogP contribution in [0.25, 0.3) is 11.3 Å². The molecule has 0 saturated heterocycles. The van der Waals surface area contributed by atoms with Gasteiger partial charge in [0.25, 0.3) is 0 Å². The molecule has 1 aliphatic carbocycles. The average molecular weight is 589 g/mol. The van der Waals surface area contributed by atoms with E-state index < -0.39 is 11.7 Å². The van der Waals surface area contributed by atoms with Gasteiger partial charge in [0.15, 0.2) is 0 Å². The number of aromatic nitrogens is 1. The molecule has 3 N–H and O–H groups in total. The minimum absolute atomic E-state index is 0.0797. The minimum Gasteiger partial charge on any atom is -0.497 e. The molecule has 5 rings (SSSR count). The Kier molecular flexibility index (Phi) is 9.23. The van der Waals surface area contributed by atoms with Gasteiger partial charge in [0.2, 0.25) is 5.91 Å². The zero-order valence-corrected chi connectivity index (χ0v) is 25.2. The first kappa shape index (κ1) is 30.0. The van der Waals surface area contributed by atoms with Crippen LogP contribution in [0, 0.1) is 5.92 Å². The molecule has 2 heterocycles. The highest BCUT2D eigenvalue weighted by atomic mass is 16.6. The first-order valence-corrected chi connectivity index (χ1v) is 14.7. The third kappa shape index (κ3) is 8.30. The largest absolute Gasteiger partial charge is 0.497 e. The number of hydrogen-bond acceptors (Lipinski definition) is 8. The van der Waals surface area contributed by atoms with Crippen LogP contribution in [0.4, 0.5) is 16.3 Å². The van der Waals surface area contributed by atoms with Crippen LogP contribution in [0.2, 0.25) is 0 Å². The lowest BCUT2D eigenvalue weighted by Crippen LogP contribution is -2.35. The summed E-state index contributed by atoms with van der Waals surface area (Å²) in [6.07, 6.45) is 2.78. The van der Waals surface area contributed by atoms with Gasteiger partial charge in [-0.05, 0) is 81.8 Å². The summed E-state index contributed by atoms with van der Waals surface area (Å²) >= 11 is 0. The molecule has 0 spiro atoms. The van der Waals surface area contributed by atoms with Crippen molar-refractivity contribution in [3.05, 3.63) is 59.7 Å². The number of amides is 2. The van der Waals surface area contributed by atoms with Gasteiger partial charge in [0.05, 0.1) is 25.0 Å². The topological polar surface area (TPSA) is 120 Å². The summed E-state index contributed by atoms with van der Waals surface area (Å²) in [6, 6.07) is 15.4. The minimum atomic E-state index is -0.573. The molecular formula is C33H40N4O6. The van der Waals surface area contributed by atoms with Gasteiger partial charge in [-0.15, -0.1) is 0 Å². The molecule has 2 amide bonds. The van der Waals surface area contributed by atoms with Crippen molar-refractivity contribution < 1.29 is 28.5 Å². The van der Waals surface area contributed by atoms with Gasteiger partial charge >= 0.3 is 6.09 Å². The van der Waals surface area contributed by atoms with Crippen molar-refractivity contribution in [1.29, 1.82) is 0 Å². The van der Waals surface area contributed by atoms with Crippen molar-refractivity contribution in [2.75, 3.05) is 37.4 Å². The Balaban J connectivity index is 1.42. The molecule has 43 heavy (non-hydrogen) atoms. The van der Waals surface area contributed by atoms with Gasteiger partial charge in [-0.25, -0.2) is 9.78 Å². The van der Waals surface area contributed by atoms with Gasteiger partial charge in [-0.1, -0.05) is 18.2 Å². The van der Waals surface area contributed by atoms with Gasteiger partial charge in [-0.2, -0.15) is 0 Å². The maximum Gasteiger partial charge on any atom is 0.407 e. The lowest BCUT2D eigenvalue weighted by atomic mass is 10.0. The van der Waals surface area contributed by atoms with Gasteiger partial charge < -0.3 is 34.9 Å². The lowest BCUT2D eigenvalue weighted by Gasteiger charge is -2.23. The van der Waals surface area contributed by atoms with E-state index in [4.69, 9.17) is 23.9 Å². The fraction of sp³-hybridized carbons (Fsp3) is 0.424. The molecule has 228 valence electrons. The first-order valence-electron chi connectivity index (χ1n) is 14.7. The number of nitrogens with zero attached hydrogens (tertiary/aromatic N) is 1. The Labute approximate surface area is 252 Å². The van der Waals surface area contributed by atoms with E-state index in [9.17, 15) is 9.59 Å². The molecule has 1 aromatic heterocycles. The van der Waals surface area contributed by atoms with Crippen LogP contribution in [0.1, 0.15) is 51.2 Å². The van der Waals surface area contributed by atoms with E-state index in [-0.39, 0.29) is 5.91 Å². The predicted molar refractivity (Wildman–Crippen MR) is 165 cm³/mol. The van der Waals surface area contributed by atoms with Crippen molar-refractivity contribution >= 4 is 23.5 Å². The zero-order chi connectivity index (χ0) is 30.4. The van der Waals surface area contributed by atoms with Crippen LogP contribution in [-0.4, -0.2) is 49.4 Å². The molecule has 1 saturated carbocycles. The van der Waals surface area contributed by atoms with Crippen LogP contribution in [0.3, 0.4) is 0 Å². The third-order valence-electron chi connectivity index (χ3n) is 7.06. The molecular weight excluding hydrogens is 548 g/mol. The van der Waals surface area contributed by atoms with Crippen molar-refractivity contribution in [3.63, 3.8) is 0 Å². The Morgan fingerprint density at radius 1 is 1.02 bits per heavy atom. The maximum atomic E-state index is 12.4. The standard InChI is InChI=1S/C33H40N4O6/c1-33(2,3)43-32(39)35-17-16-34-25-18-26(36-31-24(25)14-15-29(38)37-31)30-27(41-19-21-8-9-21)6-5-7-28(30)42-20-22-10-12-23(40-4)13-11-22/h5-7,10-13,18,21H,8-9,14-17,19-20H2,1-4H3,(H,35,39)(H2,34,36,37,38). The highest BCUT2D eigenvalue weighted by Gasteiger charge is 2.26. The number of hydrogen-bond donors (Lipinski definition) is 3. The molecule has 0 atom stereocenters. The van der Waals surface area contributed by atoms with Crippen LogP contribution in [0.5, 0.6) is 17.2 Å². The molecule has 2 aromatic carbocycles. The molecule has 10 nitrogen and oxygen atoms in total. The SMILES string of the molecule is COc1ccc(COc2cccc(OCC3CC3)c2-c2cc(NCCNC(=O)OC(C)(C)C)c3c(n2)NC(=O)CC3)cc1. The Hall–Kier alpha value is -4.47. The summed E-state index contributed by atoms with van der Waals surface area (Å²) in [6.45, 7) is 7.24. The molecule has 0 unspecified atom stereocenters. The Morgan fingerprint density at radius 2 is 1.77 bits per heavy atom. The molecule has 0 bridgehead atoms. The number of ether oxygens (including phenoxy) is 4. The molecule has 0 radical (unpaired) electrons. The van der Waals surface area contributed by atoms with E-state index in [2.05, 4.69) is 16.0 Å². The van der Waals surface area contributed by atoms with Gasteiger partial charge in [0.1, 0.15) is 35.3 Å². The smallest absolute Gasteiger partial charge is 0.407 e. The lowest BCUT2D eigenvalue weighted by molar-refractivity contribution is -0.116. The fourth-order valence-corrected chi connectivity index (χ4v) is 4.70. The predicted octanol–water partition coefficient (Wildman–Crippen LogP) is 5.95. The highest BCUT2D eigenvalue weighted by molar-refractivity contribution is 5.95. The Bertz CT molecular complexity index is 1450. The number of pyridine rings is 1. The second-order valence-corrected chi connectivity index (χ2v) is 11.8. The third-order valence-corrected chi connectivity index (χ3v) is 7.06. The maximum absolute atomic E-state index is 12.4. The number of nitrogens with one attached hydrogen (secondary N) is 3. The highest BCUT2D eigenvalue weighted by Crippen LogP contribution is 2.42. The average Bonchev–Trinajstić information content (AvgIpc) is 3.81. The summed E-state index contributed by atoms with van der Waals surface area (Å²) < 4.78 is 23.3. The summed E-state index contributed by atoms with van der Waals surface area (Å²) in [7, 11) is 1.64. The second-order valence-electron chi connectivity index (χ2n) is 11.8. The first-order chi connectivity index (χ1) is 20.7. The molecule has 10 heteroatoms. The van der Waals surface area contributed by atoms with E-state index in [0.29, 0.717) is 73.6 Å². The van der Waals surface area contributed by atoms with Crippen LogP contribution in [0.15, 0.2) is 48.5 Å². The van der Waals surface area contributed by atoms with Crippen molar-refractivity contribution in [1.82, 2.24) is 10.3 Å². The number of alkyl carbamates (subject to hydrolysis) is 1. The molecule has 1 fully saturated rings. The zero-order valence-electron chi connectivity index (χ0n) is 25.2. The molecule has 2 aliphatic rings. The van der Waals surface area contributed by atoms with Crippen molar-refractivity contribution in [2.24, 2.45) is 5.92 Å². The monoisotopic (exact) mass is 588 g/mol. The normalized spacial score (nSPS) is 14.3. The van der Waals surface area contributed by atoms with Gasteiger partial charge in [-0.3, -0.25) is 4.79 Å². The number of methoxy groups -OCH3 is 1. The summed E-state index contributed by atoms with van der Waals surface area (Å²) in [5.74, 6) is 3.06. The quantitative estimate of drug-likeness (QED) is 0.222. The van der Waals surface area contributed by atoms with E-state index in [1.807, 2.05) is 69.3 Å². The Morgan fingerprint density at radius 3 is 2.47 bits per heavy atom. The van der Waals surface area contributed by atoms with Crippen LogP contribution in [-0.2, 0) is 22.6 Å². The summed E-state index contributed by atoms with van der Waals surface area (Å²) in [5.41, 5.74) is 3.48. The molecule has 3 aromatic rings. The number of carbonyl (C=O) groups is 2. The number of benzene rings is 2. The van der Waals surface area contributed by atoms with E-state index in [1.54, 1.807) is 7.11 Å². The fourth-order valence-electron chi connectivity index (χ4n) is 4.70. The van der Waals surface area contributed by atoms with Crippen molar-refractivity contribution in [2.45, 2.75) is 58.7 Å². The van der Waals surface area contributed by atoms with Crippen molar-refractivity contribution in [3.8, 4) is 28.5 Å². The van der Waals surface area contributed by atoms with E-state index >= 15 is 0 Å². The van der Waals surface area contributed by atoms with Gasteiger partial charge in [0, 0.05) is 30.8 Å². The number of fused-ring (bicyclic) bond motifs is 1. The van der Waals surface area contributed by atoms with Crippen LogP contribution >= 0.6 is 0 Å². The van der Waals surface area contributed by atoms with E-state index in [0.717, 1.165) is 35.4 Å². The van der Waals surface area contributed by atoms with E-state index in [1.165, 1.54) is 0 Å². The summed E-state index contributed by atoms with van der Waals surface area (Å²) in [4.78, 5) is 29.4. The molecule has 1 aliphatic heterocycles. The number of carbonyl (C=O) groups excluding carboxylic acids is 2. The summed E-state index contributed by atoms with van der Waals surface area (Å²) in [5, 5.41) is 9.14.